The molecule has 1 N–H and O–H groups in total. The Morgan fingerprint density at radius 3 is 2.73 bits per heavy atom. The lowest BCUT2D eigenvalue weighted by atomic mass is 10.3. The first-order chi connectivity index (χ1) is 5.11. The molecule has 1 rings (SSSR count). The second-order valence-corrected chi connectivity index (χ2v) is 2.26. The largest absolute Gasteiger partial charge is 0.618 e. The highest BCUT2D eigenvalue weighted by molar-refractivity contribution is 6.28. The number of halogens is 1. The molecule has 0 spiro atoms. The van der Waals surface area contributed by atoms with Crippen molar-refractivity contribution in [2.75, 3.05) is 0 Å². The molecule has 5 heteroatoms. The van der Waals surface area contributed by atoms with Crippen molar-refractivity contribution >= 4 is 17.6 Å². The zero-order valence-corrected chi connectivity index (χ0v) is 6.08. The highest BCUT2D eigenvalue weighted by Gasteiger charge is 2.08. The van der Waals surface area contributed by atoms with Crippen molar-refractivity contribution in [3.63, 3.8) is 0 Å². The lowest BCUT2D eigenvalue weighted by molar-refractivity contribution is -0.603. The van der Waals surface area contributed by atoms with Crippen LogP contribution in [0.4, 0.5) is 0 Å². The van der Waals surface area contributed by atoms with E-state index in [1.165, 1.54) is 12.1 Å². The molecule has 0 aliphatic carbocycles. The molecular formula is C6H4ClNO3. The predicted molar refractivity (Wildman–Crippen MR) is 37.4 cm³/mol. The van der Waals surface area contributed by atoms with Gasteiger partial charge in [0.15, 0.2) is 6.20 Å². The predicted octanol–water partition coefficient (Wildman–Crippen LogP) is 0.672. The number of pyridine rings is 1. The Morgan fingerprint density at radius 1 is 1.64 bits per heavy atom. The summed E-state index contributed by atoms with van der Waals surface area (Å²) in [4.78, 5) is 10.3. The van der Waals surface area contributed by atoms with Gasteiger partial charge in [0.25, 0.3) is 5.15 Å². The van der Waals surface area contributed by atoms with Gasteiger partial charge in [-0.15, -0.1) is 0 Å². The van der Waals surface area contributed by atoms with Crippen molar-refractivity contribution < 1.29 is 14.6 Å². The minimum atomic E-state index is -1.15. The van der Waals surface area contributed by atoms with Gasteiger partial charge in [-0.25, -0.2) is 4.79 Å². The molecule has 0 saturated heterocycles. The number of rotatable bonds is 1. The van der Waals surface area contributed by atoms with Crippen molar-refractivity contribution in [1.29, 1.82) is 0 Å². The maximum Gasteiger partial charge on any atom is 0.341 e. The van der Waals surface area contributed by atoms with Gasteiger partial charge in [-0.2, -0.15) is 4.73 Å². The first kappa shape index (κ1) is 7.81. The highest BCUT2D eigenvalue weighted by atomic mass is 35.5. The molecule has 0 aliphatic heterocycles. The van der Waals surface area contributed by atoms with Crippen LogP contribution in [-0.2, 0) is 0 Å². The van der Waals surface area contributed by atoms with Gasteiger partial charge in [-0.3, -0.25) is 0 Å². The molecule has 1 heterocycles. The van der Waals surface area contributed by atoms with Crippen LogP contribution in [0.3, 0.4) is 0 Å². The number of nitrogens with zero attached hydrogens (tertiary/aromatic N) is 1. The third kappa shape index (κ3) is 1.59. The maximum absolute atomic E-state index is 10.7. The van der Waals surface area contributed by atoms with Gasteiger partial charge in [-0.05, 0) is 17.7 Å². The number of aromatic nitrogens is 1. The van der Waals surface area contributed by atoms with Crippen LogP contribution >= 0.6 is 11.6 Å². The van der Waals surface area contributed by atoms with E-state index in [4.69, 9.17) is 16.7 Å². The number of aromatic carboxylic acids is 1. The number of hydrogen-bond donors (Lipinski definition) is 1. The molecule has 58 valence electrons. The molecule has 11 heavy (non-hydrogen) atoms. The maximum atomic E-state index is 10.7. The molecular weight excluding hydrogens is 170 g/mol. The molecule has 1 aromatic rings. The Bertz CT molecular complexity index is 300. The van der Waals surface area contributed by atoms with E-state index in [1.807, 2.05) is 0 Å². The van der Waals surface area contributed by atoms with Crippen LogP contribution in [0.2, 0.25) is 5.15 Å². The molecule has 0 amide bonds. The zero-order chi connectivity index (χ0) is 8.43. The van der Waals surface area contributed by atoms with E-state index in [0.717, 1.165) is 6.20 Å². The van der Waals surface area contributed by atoms with E-state index < -0.39 is 5.97 Å². The highest BCUT2D eigenvalue weighted by Crippen LogP contribution is 2.02. The molecule has 0 unspecified atom stereocenters. The number of carbonyl (C=O) groups is 1. The fourth-order valence-electron chi connectivity index (χ4n) is 0.590. The van der Waals surface area contributed by atoms with Gasteiger partial charge in [0.2, 0.25) is 0 Å². The molecule has 1 aromatic heterocycles. The molecule has 0 aromatic carbocycles. The summed E-state index contributed by atoms with van der Waals surface area (Å²) >= 11 is 5.34. The van der Waals surface area contributed by atoms with Crippen LogP contribution in [0.15, 0.2) is 18.3 Å². The first-order valence-electron chi connectivity index (χ1n) is 2.73. The van der Waals surface area contributed by atoms with Crippen LogP contribution < -0.4 is 4.73 Å². The number of hydrogen-bond acceptors (Lipinski definition) is 2. The standard InChI is InChI=1S/C6H4ClNO3/c7-5-2-1-4(6(9)10)3-8(5)11/h1-3H,(H,9,10). The quantitative estimate of drug-likeness (QED) is 0.386. The molecule has 0 atom stereocenters. The topological polar surface area (TPSA) is 64.2 Å². The Kier molecular flexibility index (Phi) is 1.96. The van der Waals surface area contributed by atoms with Gasteiger partial charge in [0.05, 0.1) is 0 Å². The van der Waals surface area contributed by atoms with Gasteiger partial charge in [-0.1, -0.05) is 0 Å². The normalized spacial score (nSPS) is 9.55. The Balaban J connectivity index is 3.15. The van der Waals surface area contributed by atoms with E-state index in [0.29, 0.717) is 4.73 Å². The fraction of sp³-hybridized carbons (Fsp3) is 0. The molecule has 0 aliphatic rings. The second kappa shape index (κ2) is 2.75. The van der Waals surface area contributed by atoms with Crippen molar-refractivity contribution in [1.82, 2.24) is 0 Å². The number of carboxylic acid groups (broad SMARTS) is 1. The second-order valence-electron chi connectivity index (χ2n) is 1.87. The molecule has 4 nitrogen and oxygen atoms in total. The van der Waals surface area contributed by atoms with Crippen LogP contribution in [-0.4, -0.2) is 11.1 Å². The van der Waals surface area contributed by atoms with Gasteiger partial charge >= 0.3 is 5.97 Å². The van der Waals surface area contributed by atoms with Gasteiger partial charge < -0.3 is 10.3 Å². The molecule has 0 bridgehead atoms. The summed E-state index contributed by atoms with van der Waals surface area (Å²) in [7, 11) is 0. The molecule has 0 fully saturated rings. The van der Waals surface area contributed by atoms with Crippen LogP contribution in [0.5, 0.6) is 0 Å². The van der Waals surface area contributed by atoms with E-state index >= 15 is 0 Å². The van der Waals surface area contributed by atoms with Crippen LogP contribution in [0.1, 0.15) is 10.4 Å². The Hall–Kier alpha value is -1.29. The Labute approximate surface area is 67.2 Å². The van der Waals surface area contributed by atoms with E-state index in [1.54, 1.807) is 0 Å². The van der Waals surface area contributed by atoms with E-state index in [2.05, 4.69) is 0 Å². The minimum Gasteiger partial charge on any atom is -0.618 e. The van der Waals surface area contributed by atoms with Crippen molar-refractivity contribution in [3.05, 3.63) is 34.3 Å². The smallest absolute Gasteiger partial charge is 0.341 e. The number of carboxylic acids is 1. The van der Waals surface area contributed by atoms with E-state index in [-0.39, 0.29) is 10.7 Å². The summed E-state index contributed by atoms with van der Waals surface area (Å²) < 4.78 is 0.297. The van der Waals surface area contributed by atoms with Crippen LogP contribution in [0.25, 0.3) is 0 Å². The van der Waals surface area contributed by atoms with Crippen molar-refractivity contribution in [2.45, 2.75) is 0 Å². The average Bonchev–Trinajstić information content (AvgIpc) is 1.94. The van der Waals surface area contributed by atoms with Crippen molar-refractivity contribution in [2.24, 2.45) is 0 Å². The third-order valence-electron chi connectivity index (χ3n) is 1.11. The summed E-state index contributed by atoms with van der Waals surface area (Å²) in [5, 5.41) is 19.0. The van der Waals surface area contributed by atoms with Crippen molar-refractivity contribution in [3.8, 4) is 0 Å². The summed E-state index contributed by atoms with van der Waals surface area (Å²) in [5.74, 6) is -1.15. The molecule has 0 radical (unpaired) electrons. The Morgan fingerprint density at radius 2 is 2.27 bits per heavy atom. The van der Waals surface area contributed by atoms with Crippen LogP contribution in [0, 0.1) is 5.21 Å². The third-order valence-corrected chi connectivity index (χ3v) is 1.41. The SMILES string of the molecule is O=C(O)c1ccc(Cl)[n+]([O-])c1. The lowest BCUT2D eigenvalue weighted by Crippen LogP contribution is -2.28. The summed E-state index contributed by atoms with van der Waals surface area (Å²) in [5.41, 5.74) is -0.0793. The summed E-state index contributed by atoms with van der Waals surface area (Å²) in [6, 6.07) is 2.50. The fourth-order valence-corrected chi connectivity index (χ4v) is 0.701. The van der Waals surface area contributed by atoms with E-state index in [9.17, 15) is 10.0 Å². The van der Waals surface area contributed by atoms with Gasteiger partial charge in [0, 0.05) is 6.07 Å². The summed E-state index contributed by atoms with van der Waals surface area (Å²) in [6.07, 6.45) is 0.907. The minimum absolute atomic E-state index is 0.0463. The zero-order valence-electron chi connectivity index (χ0n) is 5.32. The molecule has 0 saturated carbocycles. The van der Waals surface area contributed by atoms with Gasteiger partial charge in [0.1, 0.15) is 5.56 Å². The first-order valence-corrected chi connectivity index (χ1v) is 3.11. The summed E-state index contributed by atoms with van der Waals surface area (Å²) in [6.45, 7) is 0. The lowest BCUT2D eigenvalue weighted by Gasteiger charge is -1.97. The monoisotopic (exact) mass is 173 g/mol. The average molecular weight is 174 g/mol.